The predicted octanol–water partition coefficient (Wildman–Crippen LogP) is 7.35. The van der Waals surface area contributed by atoms with Crippen molar-refractivity contribution in [3.63, 3.8) is 0 Å². The SMILES string of the molecule is CC/C=C\C/C=C\C/C=C\C/C=C\C/C=C\C/C=C\CCC(=O)N1C[C@H](C)C[C@@](C)(O)[C@H](O[C@@H]2O[C@H](C)C[C@H](N(C)C)[C@H]2O)[C@@H](C)[C@H](O)[C@@H](C)C(=O)O[C@H](CC)[C@@](C)(O)[C@H](O)[C@H]1C. The molecular weight excluding hydrogens is 801 g/mol. The van der Waals surface area contributed by atoms with Gasteiger partial charge in [-0.2, -0.15) is 0 Å². The van der Waals surface area contributed by atoms with Gasteiger partial charge in [0.25, 0.3) is 0 Å². The lowest BCUT2D eigenvalue weighted by atomic mass is 9.78. The van der Waals surface area contributed by atoms with Gasteiger partial charge in [-0.15, -0.1) is 0 Å². The second-order valence-electron chi connectivity index (χ2n) is 18.7. The number of cyclic esters (lactones) is 1. The highest BCUT2D eigenvalue weighted by atomic mass is 16.7. The molecule has 12 nitrogen and oxygen atoms in total. The maximum absolute atomic E-state index is 14.1. The van der Waals surface area contributed by atoms with Crippen molar-refractivity contribution in [3.8, 4) is 0 Å². The molecule has 2 heterocycles. The summed E-state index contributed by atoms with van der Waals surface area (Å²) in [6.45, 7) is 15.6. The van der Waals surface area contributed by atoms with E-state index in [-0.39, 0.29) is 49.8 Å². The van der Waals surface area contributed by atoms with Gasteiger partial charge in [-0.1, -0.05) is 101 Å². The van der Waals surface area contributed by atoms with Gasteiger partial charge in [-0.3, -0.25) is 9.59 Å². The van der Waals surface area contributed by atoms with E-state index in [2.05, 4.69) is 67.7 Å². The average Bonchev–Trinajstić information content (AvgIpc) is 3.23. The minimum Gasteiger partial charge on any atom is -0.459 e. The predicted molar refractivity (Wildman–Crippen MR) is 251 cm³/mol. The first kappa shape index (κ1) is 56.2. The zero-order valence-corrected chi connectivity index (χ0v) is 40.5. The molecule has 2 saturated heterocycles. The second kappa shape index (κ2) is 28.2. The van der Waals surface area contributed by atoms with Crippen LogP contribution >= 0.6 is 0 Å². The minimum atomic E-state index is -1.96. The zero-order chi connectivity index (χ0) is 47.3. The molecule has 5 N–H and O–H groups in total. The van der Waals surface area contributed by atoms with Crippen LogP contribution < -0.4 is 0 Å². The zero-order valence-electron chi connectivity index (χ0n) is 40.5. The number of nitrogens with zero attached hydrogens (tertiary/aromatic N) is 2. The van der Waals surface area contributed by atoms with Gasteiger partial charge >= 0.3 is 5.97 Å². The number of aliphatic hydroxyl groups excluding tert-OH is 3. The van der Waals surface area contributed by atoms with E-state index in [9.17, 15) is 35.1 Å². The van der Waals surface area contributed by atoms with Crippen molar-refractivity contribution in [1.29, 1.82) is 0 Å². The summed E-state index contributed by atoms with van der Waals surface area (Å²) >= 11 is 0. The van der Waals surface area contributed by atoms with Crippen LogP contribution in [0.3, 0.4) is 0 Å². The highest BCUT2D eigenvalue weighted by molar-refractivity contribution is 5.77. The van der Waals surface area contributed by atoms with Crippen molar-refractivity contribution < 1.29 is 49.3 Å². The number of hydrogen-bond acceptors (Lipinski definition) is 11. The molecule has 2 fully saturated rings. The molecule has 0 aromatic carbocycles. The standard InChI is InChI=1S/C51H86N2O10/c1-12-14-15-16-17-18-19-20-21-22-23-24-25-26-27-28-29-30-31-32-43(54)53-35-36(3)34-50(8,59)47(63-49-45(56)41(52(10)11)33-37(4)61-49)38(5)44(55)39(6)48(58)62-42(13-2)51(9,60)46(57)40(53)7/h14-15,17-18,20-21,23-24,26-27,29-30,36-42,44-47,49,55-57,59-60H,12-13,16,19,22,25,28,31-35H2,1-11H3/b15-14-,18-17-,21-20-,24-23-,27-26-,30-29-/t36-,37-,38+,39-,40-,41+,42-,44+,45-,46-,47-,49+,50-,51-/m1/s1. The minimum absolute atomic E-state index is 0.0801. The molecule has 2 rings (SSSR count). The lowest BCUT2D eigenvalue weighted by molar-refractivity contribution is -0.299. The molecule has 2 aliphatic rings. The molecule has 0 aliphatic carbocycles. The summed E-state index contributed by atoms with van der Waals surface area (Å²) < 4.78 is 18.4. The fraction of sp³-hybridized carbons (Fsp3) is 0.725. The van der Waals surface area contributed by atoms with E-state index in [1.807, 2.05) is 45.0 Å². The van der Waals surface area contributed by atoms with Gasteiger partial charge in [0.2, 0.25) is 5.91 Å². The molecule has 1 amide bonds. The quantitative estimate of drug-likeness (QED) is 0.0690. The lowest BCUT2D eigenvalue weighted by Crippen LogP contribution is -2.60. The first-order valence-electron chi connectivity index (χ1n) is 23.6. The Balaban J connectivity index is 2.24. The number of carbonyl (C=O) groups excluding carboxylic acids is 2. The number of aliphatic hydroxyl groups is 5. The summed E-state index contributed by atoms with van der Waals surface area (Å²) in [4.78, 5) is 31.2. The first-order chi connectivity index (χ1) is 29.7. The van der Waals surface area contributed by atoms with Crippen LogP contribution in [0.5, 0.6) is 0 Å². The molecule has 14 atom stereocenters. The van der Waals surface area contributed by atoms with E-state index >= 15 is 0 Å². The molecule has 0 aromatic heterocycles. The van der Waals surface area contributed by atoms with Crippen molar-refractivity contribution in [1.82, 2.24) is 9.80 Å². The van der Waals surface area contributed by atoms with Gasteiger partial charge in [0, 0.05) is 24.9 Å². The van der Waals surface area contributed by atoms with E-state index in [0.717, 1.165) is 38.5 Å². The van der Waals surface area contributed by atoms with Crippen molar-refractivity contribution in [3.05, 3.63) is 72.9 Å². The summed E-state index contributed by atoms with van der Waals surface area (Å²) in [7, 11) is 3.72. The van der Waals surface area contributed by atoms with Crippen LogP contribution in [0.1, 0.15) is 133 Å². The first-order valence-corrected chi connectivity index (χ1v) is 23.6. The molecule has 0 radical (unpaired) electrons. The molecule has 0 unspecified atom stereocenters. The van der Waals surface area contributed by atoms with Crippen LogP contribution in [0.15, 0.2) is 72.9 Å². The molecule has 0 spiro atoms. The largest absolute Gasteiger partial charge is 0.459 e. The molecule has 360 valence electrons. The normalized spacial score (nSPS) is 36.1. The Bertz CT molecular complexity index is 1520. The molecule has 12 heteroatoms. The number of likely N-dealkylation sites (N-methyl/N-ethyl adjacent to an activating group) is 1. The fourth-order valence-corrected chi connectivity index (χ4v) is 8.83. The summed E-state index contributed by atoms with van der Waals surface area (Å²) in [5.74, 6) is -3.43. The molecule has 0 bridgehead atoms. The smallest absolute Gasteiger partial charge is 0.311 e. The maximum Gasteiger partial charge on any atom is 0.311 e. The Morgan fingerprint density at radius 1 is 0.810 bits per heavy atom. The van der Waals surface area contributed by atoms with Gasteiger partial charge in [0.15, 0.2) is 6.29 Å². The third-order valence-corrected chi connectivity index (χ3v) is 12.6. The lowest BCUT2D eigenvalue weighted by Gasteiger charge is -2.46. The van der Waals surface area contributed by atoms with Gasteiger partial charge < -0.3 is 49.5 Å². The Morgan fingerprint density at radius 2 is 1.32 bits per heavy atom. The number of carbonyl (C=O) groups is 2. The summed E-state index contributed by atoms with van der Waals surface area (Å²) in [5, 5.41) is 59.0. The summed E-state index contributed by atoms with van der Waals surface area (Å²) in [5.41, 5.74) is -3.63. The van der Waals surface area contributed by atoms with E-state index in [0.29, 0.717) is 12.8 Å². The number of ether oxygens (including phenoxy) is 3. The number of rotatable bonds is 18. The molecular formula is C51H86N2O10. The third-order valence-electron chi connectivity index (χ3n) is 12.6. The van der Waals surface area contributed by atoms with Gasteiger partial charge in [-0.25, -0.2) is 0 Å². The molecule has 63 heavy (non-hydrogen) atoms. The van der Waals surface area contributed by atoms with E-state index < -0.39 is 71.9 Å². The van der Waals surface area contributed by atoms with Crippen LogP contribution in [0.25, 0.3) is 0 Å². The van der Waals surface area contributed by atoms with Crippen molar-refractivity contribution in [2.75, 3.05) is 20.6 Å². The molecule has 0 saturated carbocycles. The number of amides is 1. The summed E-state index contributed by atoms with van der Waals surface area (Å²) in [6, 6.07) is -1.20. The van der Waals surface area contributed by atoms with E-state index in [1.54, 1.807) is 32.6 Å². The Kier molecular flexibility index (Phi) is 25.1. The highest BCUT2D eigenvalue weighted by Crippen LogP contribution is 2.37. The Labute approximate surface area is 380 Å². The van der Waals surface area contributed by atoms with Gasteiger partial charge in [0.1, 0.15) is 23.9 Å². The maximum atomic E-state index is 14.1. The van der Waals surface area contributed by atoms with Crippen LogP contribution in [-0.4, -0.2) is 134 Å². The number of hydrogen-bond donors (Lipinski definition) is 5. The molecule has 2 aliphatic heterocycles. The fourth-order valence-electron chi connectivity index (χ4n) is 8.83. The van der Waals surface area contributed by atoms with Crippen LogP contribution in [0.4, 0.5) is 0 Å². The third kappa shape index (κ3) is 18.1. The van der Waals surface area contributed by atoms with Crippen LogP contribution in [-0.2, 0) is 23.8 Å². The topological polar surface area (TPSA) is 169 Å². The number of allylic oxidation sites excluding steroid dienone is 12. The van der Waals surface area contributed by atoms with Crippen LogP contribution in [0, 0.1) is 17.8 Å². The van der Waals surface area contributed by atoms with E-state index in [4.69, 9.17) is 14.2 Å². The van der Waals surface area contributed by atoms with Gasteiger partial charge in [0.05, 0.1) is 35.9 Å². The monoisotopic (exact) mass is 887 g/mol. The number of esters is 1. The van der Waals surface area contributed by atoms with Gasteiger partial charge in [-0.05, 0) is 119 Å². The van der Waals surface area contributed by atoms with Crippen LogP contribution in [0.2, 0.25) is 0 Å². The van der Waals surface area contributed by atoms with Crippen molar-refractivity contribution in [2.45, 2.75) is 199 Å². The second-order valence-corrected chi connectivity index (χ2v) is 18.7. The van der Waals surface area contributed by atoms with Crippen molar-refractivity contribution >= 4 is 11.9 Å². The Morgan fingerprint density at radius 3 is 1.81 bits per heavy atom. The van der Waals surface area contributed by atoms with Crippen molar-refractivity contribution in [2.24, 2.45) is 17.8 Å². The average molecular weight is 887 g/mol. The summed E-state index contributed by atoms with van der Waals surface area (Å²) in [6.07, 6.45) is 24.7. The van der Waals surface area contributed by atoms with E-state index in [1.165, 1.54) is 13.8 Å². The highest BCUT2D eigenvalue weighted by Gasteiger charge is 2.50. The Hall–Kier alpha value is -2.94. The molecule has 0 aromatic rings.